The molecule has 248 valence electrons. The molecule has 7 N–H and O–H groups in total. The molecule has 0 saturated heterocycles. The first-order chi connectivity index (χ1) is 23.7. The molecule has 0 saturated carbocycles. The highest BCUT2D eigenvalue weighted by Gasteiger charge is 2.01. The topological polar surface area (TPSA) is 119 Å². The van der Waals surface area contributed by atoms with Crippen LogP contribution >= 0.6 is 0 Å². The Morgan fingerprint density at radius 3 is 1.27 bits per heavy atom. The van der Waals surface area contributed by atoms with Gasteiger partial charge in [0.25, 0.3) is 0 Å². The number of benzene rings is 2. The lowest BCUT2D eigenvalue weighted by atomic mass is 10.1. The normalized spacial score (nSPS) is 11.5. The third-order valence-electron chi connectivity index (χ3n) is 8.02. The van der Waals surface area contributed by atoms with Gasteiger partial charge in [-0.3, -0.25) is 5.84 Å². The second kappa shape index (κ2) is 19.1. The van der Waals surface area contributed by atoms with Crippen molar-refractivity contribution in [1.82, 2.24) is 36.4 Å². The zero-order chi connectivity index (χ0) is 33.2. The van der Waals surface area contributed by atoms with E-state index in [-0.39, 0.29) is 0 Å². The zero-order valence-corrected chi connectivity index (χ0v) is 27.9. The van der Waals surface area contributed by atoms with Crippen LogP contribution < -0.4 is 22.3 Å². The molecule has 7 rings (SSSR count). The summed E-state index contributed by atoms with van der Waals surface area (Å²) in [5, 5.41) is 2.62. The van der Waals surface area contributed by atoms with Crippen molar-refractivity contribution < 1.29 is 0 Å². The summed E-state index contributed by atoms with van der Waals surface area (Å²) in [6.45, 7) is 3.23. The van der Waals surface area contributed by atoms with Gasteiger partial charge in [0, 0.05) is 28.6 Å². The number of rotatable bonds is 11. The monoisotopic (exact) mass is 640 g/mol. The van der Waals surface area contributed by atoms with E-state index in [9.17, 15) is 0 Å². The molecule has 0 spiro atoms. The van der Waals surface area contributed by atoms with Gasteiger partial charge in [-0.1, -0.05) is 100 Å². The molecule has 48 heavy (non-hydrogen) atoms. The number of nitrogens with one attached hydrogen (secondary N) is 5. The van der Waals surface area contributed by atoms with Gasteiger partial charge >= 0.3 is 0 Å². The highest BCUT2D eigenvalue weighted by atomic mass is 15.7. The van der Waals surface area contributed by atoms with Gasteiger partial charge in [-0.2, -0.15) is 11.1 Å². The molecule has 0 fully saturated rings. The molecular formula is C40H48N8. The molecule has 3 aromatic heterocycles. The Bertz CT molecular complexity index is 1680. The van der Waals surface area contributed by atoms with Crippen LogP contribution in [-0.2, 0) is 0 Å². The Labute approximate surface area is 283 Å². The summed E-state index contributed by atoms with van der Waals surface area (Å²) in [6, 6.07) is 33.1. The lowest BCUT2D eigenvalue weighted by Crippen LogP contribution is -2.47. The van der Waals surface area contributed by atoms with Crippen LogP contribution in [0.2, 0.25) is 0 Å². The summed E-state index contributed by atoms with van der Waals surface area (Å²) < 4.78 is 0. The predicted molar refractivity (Wildman–Crippen MR) is 204 cm³/mol. The SMILES string of the molecule is C1=Cc2cc3ccc(cc4nc(cc5ccc(cc1n2)[nH]5)C=C4)[nH]3.CCCCCCCCCCNNNN.c1ccc2ccccc2c1. The average molecular weight is 641 g/mol. The zero-order valence-electron chi connectivity index (χ0n) is 27.9. The number of nitrogens with zero attached hydrogens (tertiary/aromatic N) is 2. The second-order valence-corrected chi connectivity index (χ2v) is 11.9. The summed E-state index contributed by atoms with van der Waals surface area (Å²) in [5.74, 6) is 5.01. The standard InChI is InChI=1S/C20H14N4.C10H26N4.C10H8/c1-2-14-10-16-5-6-18(23-16)12-20-8-7-19(24-20)11-17-4-3-15(22-17)9-13(1)21-14;1-2-3-4-5-6-7-8-9-10-12-14-13-11;1-2-6-10-8-4-3-7-9(10)5-1/h1-12,21,24H;12-14H,2-11H2,1H3;1-8H. The Morgan fingerprint density at radius 1 is 0.521 bits per heavy atom. The number of aromatic amines is 2. The molecule has 0 radical (unpaired) electrons. The third-order valence-corrected chi connectivity index (χ3v) is 8.02. The number of unbranched alkanes of at least 4 members (excludes halogenated alkanes) is 7. The second-order valence-electron chi connectivity index (χ2n) is 11.9. The maximum atomic E-state index is 5.01. The van der Waals surface area contributed by atoms with Crippen molar-refractivity contribution in [3.63, 3.8) is 0 Å². The van der Waals surface area contributed by atoms with E-state index in [1.165, 1.54) is 62.1 Å². The Balaban J connectivity index is 0.000000159. The highest BCUT2D eigenvalue weighted by molar-refractivity contribution is 5.82. The molecule has 0 unspecified atom stereocenters. The molecule has 0 atom stereocenters. The van der Waals surface area contributed by atoms with Crippen LogP contribution in [0.15, 0.2) is 97.1 Å². The van der Waals surface area contributed by atoms with Crippen LogP contribution in [0.5, 0.6) is 0 Å². The quantitative estimate of drug-likeness (QED) is 0.0477. The van der Waals surface area contributed by atoms with Gasteiger partial charge in [0.15, 0.2) is 0 Å². The van der Waals surface area contributed by atoms with E-state index in [1.54, 1.807) is 0 Å². The van der Waals surface area contributed by atoms with E-state index in [1.807, 2.05) is 48.6 Å². The predicted octanol–water partition coefficient (Wildman–Crippen LogP) is 9.10. The van der Waals surface area contributed by atoms with Crippen LogP contribution in [-0.4, -0.2) is 26.5 Å². The minimum absolute atomic E-state index is 0.939. The highest BCUT2D eigenvalue weighted by Crippen LogP contribution is 2.17. The first-order valence-corrected chi connectivity index (χ1v) is 17.1. The fourth-order valence-corrected chi connectivity index (χ4v) is 5.54. The molecule has 5 heterocycles. The van der Waals surface area contributed by atoms with Crippen molar-refractivity contribution in [2.24, 2.45) is 5.84 Å². The lowest BCUT2D eigenvalue weighted by molar-refractivity contribution is 0.431. The molecule has 2 aliphatic rings. The van der Waals surface area contributed by atoms with Gasteiger partial charge in [-0.15, -0.1) is 0 Å². The summed E-state index contributed by atoms with van der Waals surface area (Å²) in [6.07, 6.45) is 18.9. The van der Waals surface area contributed by atoms with E-state index < -0.39 is 0 Å². The van der Waals surface area contributed by atoms with Gasteiger partial charge in [0.2, 0.25) is 0 Å². The van der Waals surface area contributed by atoms with Gasteiger partial charge in [-0.05, 0) is 90.0 Å². The molecule has 5 aromatic rings. The number of hydrazine groups is 3. The smallest absolute Gasteiger partial charge is 0.0658 e. The van der Waals surface area contributed by atoms with Gasteiger partial charge in [0.05, 0.1) is 22.8 Å². The van der Waals surface area contributed by atoms with Crippen molar-refractivity contribution in [2.45, 2.75) is 58.3 Å². The number of hydrogen-bond acceptors (Lipinski definition) is 6. The van der Waals surface area contributed by atoms with Crippen molar-refractivity contribution in [3.05, 3.63) is 120 Å². The van der Waals surface area contributed by atoms with E-state index >= 15 is 0 Å². The van der Waals surface area contributed by atoms with Gasteiger partial charge in [-0.25, -0.2) is 15.4 Å². The first-order valence-electron chi connectivity index (χ1n) is 17.1. The van der Waals surface area contributed by atoms with Crippen LogP contribution in [0.4, 0.5) is 0 Å². The van der Waals surface area contributed by atoms with Crippen molar-refractivity contribution in [1.29, 1.82) is 0 Å². The Morgan fingerprint density at radius 2 is 0.896 bits per heavy atom. The minimum atomic E-state index is 0.939. The fourth-order valence-electron chi connectivity index (χ4n) is 5.54. The molecule has 8 bridgehead atoms. The van der Waals surface area contributed by atoms with Crippen molar-refractivity contribution >= 4 is 57.1 Å². The van der Waals surface area contributed by atoms with E-state index in [2.05, 4.69) is 116 Å². The lowest BCUT2D eigenvalue weighted by Gasteiger charge is -2.04. The number of hydrogen-bond donors (Lipinski definition) is 6. The maximum absolute atomic E-state index is 5.01. The Hall–Kier alpha value is -4.86. The molecule has 0 amide bonds. The summed E-state index contributed by atoms with van der Waals surface area (Å²) >= 11 is 0. The molecular weight excluding hydrogens is 592 g/mol. The van der Waals surface area contributed by atoms with Crippen molar-refractivity contribution in [3.8, 4) is 0 Å². The largest absolute Gasteiger partial charge is 0.355 e. The van der Waals surface area contributed by atoms with Crippen LogP contribution in [0.3, 0.4) is 0 Å². The minimum Gasteiger partial charge on any atom is -0.355 e. The molecule has 2 aliphatic heterocycles. The van der Waals surface area contributed by atoms with Crippen molar-refractivity contribution in [2.75, 3.05) is 6.54 Å². The first kappa shape index (κ1) is 34.5. The average Bonchev–Trinajstić information content (AvgIpc) is 3.93. The van der Waals surface area contributed by atoms with Gasteiger partial charge < -0.3 is 9.97 Å². The van der Waals surface area contributed by atoms with E-state index in [4.69, 9.17) is 5.84 Å². The molecule has 8 nitrogen and oxygen atoms in total. The van der Waals surface area contributed by atoms with Crippen LogP contribution in [0.25, 0.3) is 57.1 Å². The Kier molecular flexibility index (Phi) is 13.7. The summed E-state index contributed by atoms with van der Waals surface area (Å²) in [7, 11) is 0. The molecule has 2 aromatic carbocycles. The molecule has 8 heteroatoms. The number of nitrogens with two attached hydrogens (primary N) is 1. The maximum Gasteiger partial charge on any atom is 0.0658 e. The third kappa shape index (κ3) is 11.4. The van der Waals surface area contributed by atoms with Gasteiger partial charge in [0.1, 0.15) is 0 Å². The fraction of sp³-hybridized carbons (Fsp3) is 0.250. The number of fused-ring (bicyclic) bond motifs is 9. The summed E-state index contributed by atoms with van der Waals surface area (Å²) in [4.78, 5) is 16.0. The van der Waals surface area contributed by atoms with Crippen LogP contribution in [0, 0.1) is 0 Å². The number of H-pyrrole nitrogens is 2. The number of aromatic nitrogens is 4. The van der Waals surface area contributed by atoms with E-state index in [0.717, 1.165) is 51.4 Å². The van der Waals surface area contributed by atoms with E-state index in [0.29, 0.717) is 0 Å². The van der Waals surface area contributed by atoms with Crippen LogP contribution in [0.1, 0.15) is 81.1 Å². The summed E-state index contributed by atoms with van der Waals surface area (Å²) in [5.41, 5.74) is 15.8. The molecule has 0 aliphatic carbocycles.